The number of hydrogen-bond donors (Lipinski definition) is 3. The Morgan fingerprint density at radius 1 is 1.29 bits per heavy atom. The fraction of sp³-hybridized carbons (Fsp3) is 0.533. The van der Waals surface area contributed by atoms with Crippen LogP contribution in [0.2, 0.25) is 0 Å². The average molecular weight is 292 g/mol. The molecular formula is C15H24N4O2. The SMILES string of the molecule is CCCNc1cc(C)ncc1C(=O)NCCCCC(N)=O. The third kappa shape index (κ3) is 6.25. The van der Waals surface area contributed by atoms with Crippen LogP contribution in [-0.2, 0) is 4.79 Å². The Kier molecular flexibility index (Phi) is 7.21. The van der Waals surface area contributed by atoms with Gasteiger partial charge in [-0.3, -0.25) is 14.6 Å². The first-order valence-electron chi connectivity index (χ1n) is 7.31. The molecule has 6 heteroatoms. The molecule has 0 aliphatic rings. The number of nitrogens with zero attached hydrogens (tertiary/aromatic N) is 1. The van der Waals surface area contributed by atoms with Crippen LogP contribution in [0.1, 0.15) is 48.7 Å². The number of carbonyl (C=O) groups is 2. The Morgan fingerprint density at radius 2 is 2.05 bits per heavy atom. The standard InChI is InChI=1S/C15H24N4O2/c1-3-7-17-13-9-11(2)19-10-12(13)15(21)18-8-5-4-6-14(16)20/h9-10H,3-8H2,1-2H3,(H2,16,20)(H,17,19)(H,18,21). The number of aryl methyl sites for hydroxylation is 1. The van der Waals surface area contributed by atoms with Gasteiger partial charge in [0, 0.05) is 31.4 Å². The number of anilines is 1. The van der Waals surface area contributed by atoms with Crippen LogP contribution in [-0.4, -0.2) is 29.9 Å². The number of nitrogens with one attached hydrogen (secondary N) is 2. The van der Waals surface area contributed by atoms with E-state index in [4.69, 9.17) is 5.73 Å². The lowest BCUT2D eigenvalue weighted by Gasteiger charge is -2.12. The molecule has 0 unspecified atom stereocenters. The van der Waals surface area contributed by atoms with Crippen molar-refractivity contribution in [2.24, 2.45) is 5.73 Å². The van der Waals surface area contributed by atoms with Crippen molar-refractivity contribution in [3.8, 4) is 0 Å². The van der Waals surface area contributed by atoms with Crippen molar-refractivity contribution in [2.45, 2.75) is 39.5 Å². The molecule has 0 aromatic carbocycles. The zero-order valence-corrected chi connectivity index (χ0v) is 12.7. The molecule has 0 saturated heterocycles. The van der Waals surface area contributed by atoms with Crippen LogP contribution >= 0.6 is 0 Å². The van der Waals surface area contributed by atoms with E-state index in [0.29, 0.717) is 24.9 Å². The highest BCUT2D eigenvalue weighted by Gasteiger charge is 2.11. The van der Waals surface area contributed by atoms with Gasteiger partial charge in [-0.25, -0.2) is 0 Å². The van der Waals surface area contributed by atoms with Gasteiger partial charge in [-0.15, -0.1) is 0 Å². The second-order valence-corrected chi connectivity index (χ2v) is 4.98. The van der Waals surface area contributed by atoms with E-state index >= 15 is 0 Å². The summed E-state index contributed by atoms with van der Waals surface area (Å²) in [6, 6.07) is 1.87. The molecule has 6 nitrogen and oxygen atoms in total. The number of pyridine rings is 1. The molecule has 4 N–H and O–H groups in total. The highest BCUT2D eigenvalue weighted by molar-refractivity contribution is 5.99. The second kappa shape index (κ2) is 8.94. The van der Waals surface area contributed by atoms with Gasteiger partial charge in [-0.05, 0) is 32.3 Å². The summed E-state index contributed by atoms with van der Waals surface area (Å²) in [5.74, 6) is -0.463. The summed E-state index contributed by atoms with van der Waals surface area (Å²) >= 11 is 0. The maximum Gasteiger partial charge on any atom is 0.254 e. The maximum atomic E-state index is 12.2. The topological polar surface area (TPSA) is 97.1 Å². The summed E-state index contributed by atoms with van der Waals surface area (Å²) in [7, 11) is 0. The highest BCUT2D eigenvalue weighted by atomic mass is 16.2. The third-order valence-corrected chi connectivity index (χ3v) is 2.99. The Labute approximate surface area is 125 Å². The van der Waals surface area contributed by atoms with Crippen molar-refractivity contribution in [3.05, 3.63) is 23.5 Å². The van der Waals surface area contributed by atoms with Gasteiger partial charge >= 0.3 is 0 Å². The van der Waals surface area contributed by atoms with E-state index in [-0.39, 0.29) is 11.8 Å². The summed E-state index contributed by atoms with van der Waals surface area (Å²) in [6.07, 6.45) is 4.33. The number of amides is 2. The summed E-state index contributed by atoms with van der Waals surface area (Å²) in [4.78, 5) is 26.9. The van der Waals surface area contributed by atoms with Crippen molar-refractivity contribution in [2.75, 3.05) is 18.4 Å². The van der Waals surface area contributed by atoms with E-state index in [1.165, 1.54) is 0 Å². The molecular weight excluding hydrogens is 268 g/mol. The fourth-order valence-electron chi connectivity index (χ4n) is 1.87. The van der Waals surface area contributed by atoms with Crippen molar-refractivity contribution in [3.63, 3.8) is 0 Å². The van der Waals surface area contributed by atoms with Gasteiger partial charge in [-0.2, -0.15) is 0 Å². The number of aromatic nitrogens is 1. The van der Waals surface area contributed by atoms with E-state index in [1.807, 2.05) is 13.0 Å². The summed E-state index contributed by atoms with van der Waals surface area (Å²) in [5, 5.41) is 6.08. The van der Waals surface area contributed by atoms with Crippen LogP contribution in [0.15, 0.2) is 12.3 Å². The number of carbonyl (C=O) groups excluding carboxylic acids is 2. The molecule has 2 amide bonds. The summed E-state index contributed by atoms with van der Waals surface area (Å²) < 4.78 is 0. The normalized spacial score (nSPS) is 10.2. The van der Waals surface area contributed by atoms with Crippen LogP contribution in [0.25, 0.3) is 0 Å². The lowest BCUT2D eigenvalue weighted by molar-refractivity contribution is -0.118. The molecule has 0 atom stereocenters. The zero-order valence-electron chi connectivity index (χ0n) is 12.7. The second-order valence-electron chi connectivity index (χ2n) is 4.98. The lowest BCUT2D eigenvalue weighted by atomic mass is 10.2. The minimum Gasteiger partial charge on any atom is -0.384 e. The molecule has 0 bridgehead atoms. The quantitative estimate of drug-likeness (QED) is 0.602. The molecule has 1 heterocycles. The van der Waals surface area contributed by atoms with E-state index < -0.39 is 0 Å². The van der Waals surface area contributed by atoms with Gasteiger partial charge in [0.05, 0.1) is 11.3 Å². The molecule has 0 aliphatic carbocycles. The van der Waals surface area contributed by atoms with Crippen molar-refractivity contribution in [1.29, 1.82) is 0 Å². The van der Waals surface area contributed by atoms with Crippen LogP contribution < -0.4 is 16.4 Å². The Hall–Kier alpha value is -2.11. The molecule has 1 aromatic heterocycles. The van der Waals surface area contributed by atoms with E-state index in [1.54, 1.807) is 6.20 Å². The maximum absolute atomic E-state index is 12.2. The smallest absolute Gasteiger partial charge is 0.254 e. The zero-order chi connectivity index (χ0) is 15.7. The number of nitrogens with two attached hydrogens (primary N) is 1. The fourth-order valence-corrected chi connectivity index (χ4v) is 1.87. The van der Waals surface area contributed by atoms with Crippen LogP contribution in [0, 0.1) is 6.92 Å². The third-order valence-electron chi connectivity index (χ3n) is 2.99. The van der Waals surface area contributed by atoms with Crippen molar-refractivity contribution in [1.82, 2.24) is 10.3 Å². The Balaban J connectivity index is 2.54. The highest BCUT2D eigenvalue weighted by Crippen LogP contribution is 2.15. The van der Waals surface area contributed by atoms with Gasteiger partial charge in [0.25, 0.3) is 5.91 Å². The van der Waals surface area contributed by atoms with Crippen molar-refractivity contribution >= 4 is 17.5 Å². The first-order valence-corrected chi connectivity index (χ1v) is 7.31. The molecule has 0 spiro atoms. The monoisotopic (exact) mass is 292 g/mol. The molecule has 116 valence electrons. The molecule has 0 radical (unpaired) electrons. The molecule has 0 fully saturated rings. The molecule has 21 heavy (non-hydrogen) atoms. The molecule has 1 rings (SSSR count). The van der Waals surface area contributed by atoms with Gasteiger partial charge < -0.3 is 16.4 Å². The number of rotatable bonds is 9. The first-order chi connectivity index (χ1) is 10.0. The number of unbranched alkanes of at least 4 members (excludes halogenated alkanes) is 1. The van der Waals surface area contributed by atoms with Crippen LogP contribution in [0.5, 0.6) is 0 Å². The van der Waals surface area contributed by atoms with Gasteiger partial charge in [0.15, 0.2) is 0 Å². The molecule has 1 aromatic rings. The van der Waals surface area contributed by atoms with E-state index in [0.717, 1.165) is 30.8 Å². The average Bonchev–Trinajstić information content (AvgIpc) is 2.44. The predicted molar refractivity (Wildman–Crippen MR) is 83.1 cm³/mol. The summed E-state index contributed by atoms with van der Waals surface area (Å²) in [6.45, 7) is 5.29. The molecule has 0 saturated carbocycles. The van der Waals surface area contributed by atoms with E-state index in [2.05, 4.69) is 22.5 Å². The van der Waals surface area contributed by atoms with Crippen molar-refractivity contribution < 1.29 is 9.59 Å². The number of primary amides is 1. The van der Waals surface area contributed by atoms with Crippen LogP contribution in [0.3, 0.4) is 0 Å². The van der Waals surface area contributed by atoms with Crippen LogP contribution in [0.4, 0.5) is 5.69 Å². The van der Waals surface area contributed by atoms with Gasteiger partial charge in [0.1, 0.15) is 0 Å². The first kappa shape index (κ1) is 16.9. The minimum absolute atomic E-state index is 0.153. The predicted octanol–water partition coefficient (Wildman–Crippen LogP) is 1.60. The van der Waals surface area contributed by atoms with E-state index in [9.17, 15) is 9.59 Å². The largest absolute Gasteiger partial charge is 0.384 e. The van der Waals surface area contributed by atoms with Gasteiger partial charge in [-0.1, -0.05) is 6.92 Å². The minimum atomic E-state index is -0.310. The molecule has 0 aliphatic heterocycles. The summed E-state index contributed by atoms with van der Waals surface area (Å²) in [5.41, 5.74) is 7.28. The Morgan fingerprint density at radius 3 is 2.71 bits per heavy atom. The Bertz CT molecular complexity index is 489. The number of hydrogen-bond acceptors (Lipinski definition) is 4. The lowest BCUT2D eigenvalue weighted by Crippen LogP contribution is -2.26. The van der Waals surface area contributed by atoms with Gasteiger partial charge in [0.2, 0.25) is 5.91 Å².